The molecule has 1 saturated heterocycles. The molecule has 1 fully saturated rings. The molecule has 0 radical (unpaired) electrons. The van der Waals surface area contributed by atoms with Crippen molar-refractivity contribution >= 4 is 10.8 Å². The summed E-state index contributed by atoms with van der Waals surface area (Å²) in [5.74, 6) is 0. The second-order valence-corrected chi connectivity index (χ2v) is 5.39. The molecule has 0 saturated carbocycles. The number of allylic oxidation sites excluding steroid dienone is 2. The van der Waals surface area contributed by atoms with Crippen molar-refractivity contribution in [3.8, 4) is 0 Å². The number of piperidine rings is 1. The first-order chi connectivity index (χ1) is 6.70. The zero-order chi connectivity index (χ0) is 10.0. The van der Waals surface area contributed by atoms with Gasteiger partial charge in [0, 0.05) is 11.6 Å². The van der Waals surface area contributed by atoms with Crippen molar-refractivity contribution in [3.63, 3.8) is 0 Å². The molecule has 14 heavy (non-hydrogen) atoms. The summed E-state index contributed by atoms with van der Waals surface area (Å²) in [6.45, 7) is 1.91. The highest BCUT2D eigenvalue weighted by Gasteiger charge is 2.27. The van der Waals surface area contributed by atoms with Crippen LogP contribution in [0.15, 0.2) is 23.8 Å². The SMILES string of the molecule is OS1(O)C=CC=CN1C1CCNCC1. The summed E-state index contributed by atoms with van der Waals surface area (Å²) in [4.78, 5) is 0. The van der Waals surface area contributed by atoms with Gasteiger partial charge in [-0.2, -0.15) is 0 Å². The number of hydrogen-bond donors (Lipinski definition) is 3. The molecular weight excluding hydrogens is 200 g/mol. The van der Waals surface area contributed by atoms with E-state index in [4.69, 9.17) is 0 Å². The van der Waals surface area contributed by atoms with Crippen LogP contribution in [0.25, 0.3) is 0 Å². The molecule has 2 aliphatic heterocycles. The summed E-state index contributed by atoms with van der Waals surface area (Å²) in [5.41, 5.74) is 0. The third-order valence-corrected chi connectivity index (χ3v) is 4.15. The van der Waals surface area contributed by atoms with E-state index < -0.39 is 10.8 Å². The average molecular weight is 216 g/mol. The zero-order valence-corrected chi connectivity index (χ0v) is 8.78. The number of rotatable bonds is 1. The molecule has 0 aromatic rings. The fourth-order valence-electron chi connectivity index (χ4n) is 1.85. The van der Waals surface area contributed by atoms with E-state index in [1.165, 1.54) is 5.41 Å². The van der Waals surface area contributed by atoms with Crippen LogP contribution in [0.3, 0.4) is 0 Å². The Balaban J connectivity index is 2.08. The molecule has 0 amide bonds. The predicted octanol–water partition coefficient (Wildman–Crippen LogP) is 1.75. The van der Waals surface area contributed by atoms with Crippen molar-refractivity contribution in [3.05, 3.63) is 23.8 Å². The molecule has 0 bridgehead atoms. The van der Waals surface area contributed by atoms with Crippen LogP contribution in [0.5, 0.6) is 0 Å². The number of hydrogen-bond acceptors (Lipinski definition) is 4. The van der Waals surface area contributed by atoms with E-state index in [0.717, 1.165) is 25.9 Å². The van der Waals surface area contributed by atoms with Gasteiger partial charge in [-0.1, -0.05) is 10.8 Å². The lowest BCUT2D eigenvalue weighted by atomic mass is 10.1. The molecule has 0 atom stereocenters. The first-order valence-corrected chi connectivity index (χ1v) is 6.39. The van der Waals surface area contributed by atoms with Crippen molar-refractivity contribution < 1.29 is 9.11 Å². The van der Waals surface area contributed by atoms with Gasteiger partial charge < -0.3 is 5.32 Å². The molecule has 4 nitrogen and oxygen atoms in total. The Morgan fingerprint density at radius 2 is 1.93 bits per heavy atom. The second-order valence-electron chi connectivity index (χ2n) is 3.57. The van der Waals surface area contributed by atoms with E-state index in [9.17, 15) is 9.11 Å². The molecule has 2 rings (SSSR count). The lowest BCUT2D eigenvalue weighted by Crippen LogP contribution is -2.41. The van der Waals surface area contributed by atoms with E-state index in [1.54, 1.807) is 16.6 Å². The van der Waals surface area contributed by atoms with E-state index in [2.05, 4.69) is 5.32 Å². The maximum atomic E-state index is 9.79. The standard InChI is InChI=1S/C9H16N2O2S/c12-14(13)8-2-1-7-11(14)9-3-5-10-6-4-9/h1-2,7-10,12-13H,3-6H2. The fraction of sp³-hybridized carbons (Fsp3) is 0.556. The van der Waals surface area contributed by atoms with Gasteiger partial charge in [-0.15, -0.1) is 0 Å². The Morgan fingerprint density at radius 1 is 1.21 bits per heavy atom. The maximum absolute atomic E-state index is 9.79. The van der Waals surface area contributed by atoms with Crippen LogP contribution in [-0.4, -0.2) is 32.5 Å². The van der Waals surface area contributed by atoms with Crippen LogP contribution in [-0.2, 0) is 0 Å². The van der Waals surface area contributed by atoms with E-state index in [-0.39, 0.29) is 6.04 Å². The molecular formula is C9H16N2O2S. The van der Waals surface area contributed by atoms with Crippen molar-refractivity contribution in [2.24, 2.45) is 0 Å². The van der Waals surface area contributed by atoms with Gasteiger partial charge in [-0.3, -0.25) is 13.4 Å². The summed E-state index contributed by atoms with van der Waals surface area (Å²) in [7, 11) is -2.68. The molecule has 0 spiro atoms. The Bertz CT molecular complexity index is 260. The molecule has 0 unspecified atom stereocenters. The van der Waals surface area contributed by atoms with Gasteiger partial charge in [0.25, 0.3) is 0 Å². The minimum Gasteiger partial charge on any atom is -0.317 e. The van der Waals surface area contributed by atoms with Gasteiger partial charge in [0.15, 0.2) is 0 Å². The minimum absolute atomic E-state index is 0.252. The Labute approximate surface area is 85.8 Å². The van der Waals surface area contributed by atoms with Gasteiger partial charge in [-0.05, 0) is 38.1 Å². The third kappa shape index (κ3) is 1.95. The van der Waals surface area contributed by atoms with Gasteiger partial charge in [0.2, 0.25) is 0 Å². The van der Waals surface area contributed by atoms with Crippen LogP contribution < -0.4 is 5.32 Å². The average Bonchev–Trinajstić information content (AvgIpc) is 2.18. The van der Waals surface area contributed by atoms with E-state index in [1.807, 2.05) is 6.08 Å². The second kappa shape index (κ2) is 3.94. The molecule has 5 heteroatoms. The summed E-state index contributed by atoms with van der Waals surface area (Å²) in [6, 6.07) is 0.252. The number of nitrogens with one attached hydrogen (secondary N) is 1. The molecule has 0 aliphatic carbocycles. The van der Waals surface area contributed by atoms with Crippen molar-refractivity contribution in [2.45, 2.75) is 18.9 Å². The zero-order valence-electron chi connectivity index (χ0n) is 7.97. The largest absolute Gasteiger partial charge is 0.317 e. The summed E-state index contributed by atoms with van der Waals surface area (Å²) >= 11 is 0. The van der Waals surface area contributed by atoms with Gasteiger partial charge in [0.1, 0.15) is 0 Å². The first-order valence-electron chi connectivity index (χ1n) is 4.82. The highest BCUT2D eigenvalue weighted by molar-refractivity contribution is 8.24. The Hall–Kier alpha value is -0.490. The highest BCUT2D eigenvalue weighted by Crippen LogP contribution is 2.49. The fourth-order valence-corrected chi connectivity index (χ4v) is 3.19. The lowest BCUT2D eigenvalue weighted by molar-refractivity contribution is 0.293. The van der Waals surface area contributed by atoms with Gasteiger partial charge in [-0.25, -0.2) is 0 Å². The maximum Gasteiger partial charge on any atom is 0.0523 e. The monoisotopic (exact) mass is 216 g/mol. The molecule has 2 aliphatic rings. The molecule has 0 aromatic heterocycles. The summed E-state index contributed by atoms with van der Waals surface area (Å²) in [6.07, 6.45) is 7.25. The molecule has 3 N–H and O–H groups in total. The van der Waals surface area contributed by atoms with E-state index >= 15 is 0 Å². The lowest BCUT2D eigenvalue weighted by Gasteiger charge is -2.46. The van der Waals surface area contributed by atoms with Gasteiger partial charge >= 0.3 is 0 Å². The summed E-state index contributed by atoms with van der Waals surface area (Å²) in [5, 5.41) is 4.74. The first kappa shape index (κ1) is 10.0. The van der Waals surface area contributed by atoms with Crippen LogP contribution >= 0.6 is 10.8 Å². The van der Waals surface area contributed by atoms with Crippen LogP contribution in [0.2, 0.25) is 0 Å². The summed E-state index contributed by atoms with van der Waals surface area (Å²) < 4.78 is 21.3. The third-order valence-electron chi connectivity index (χ3n) is 2.58. The predicted molar refractivity (Wildman–Crippen MR) is 58.9 cm³/mol. The molecule has 80 valence electrons. The van der Waals surface area contributed by atoms with E-state index in [0.29, 0.717) is 0 Å². The number of nitrogens with zero attached hydrogens (tertiary/aromatic N) is 1. The van der Waals surface area contributed by atoms with Crippen molar-refractivity contribution in [1.29, 1.82) is 0 Å². The topological polar surface area (TPSA) is 55.7 Å². The van der Waals surface area contributed by atoms with Crippen LogP contribution in [0.1, 0.15) is 12.8 Å². The van der Waals surface area contributed by atoms with Crippen molar-refractivity contribution in [2.75, 3.05) is 13.1 Å². The van der Waals surface area contributed by atoms with Gasteiger partial charge in [0.05, 0.1) is 6.04 Å². The molecule has 2 heterocycles. The normalized spacial score (nSPS) is 29.1. The van der Waals surface area contributed by atoms with Crippen LogP contribution in [0.4, 0.5) is 0 Å². The minimum atomic E-state index is -2.68. The van der Waals surface area contributed by atoms with Crippen LogP contribution in [0, 0.1) is 0 Å². The van der Waals surface area contributed by atoms with Crippen molar-refractivity contribution in [1.82, 2.24) is 9.62 Å². The quantitative estimate of drug-likeness (QED) is 0.625. The Morgan fingerprint density at radius 3 is 2.57 bits per heavy atom. The molecule has 0 aromatic carbocycles. The Kier molecular flexibility index (Phi) is 2.83. The highest BCUT2D eigenvalue weighted by atomic mass is 32.3. The smallest absolute Gasteiger partial charge is 0.0523 e.